The Morgan fingerprint density at radius 2 is 1.59 bits per heavy atom. The van der Waals surface area contributed by atoms with E-state index >= 15 is 0 Å². The zero-order valence-corrected chi connectivity index (χ0v) is 20.8. The summed E-state index contributed by atoms with van der Waals surface area (Å²) in [7, 11) is 0. The molecular weight excluding hydrogens is 466 g/mol. The van der Waals surface area contributed by atoms with Gasteiger partial charge in [0.1, 0.15) is 0 Å². The minimum absolute atomic E-state index is 0.0121. The van der Waals surface area contributed by atoms with Crippen molar-refractivity contribution in [3.8, 4) is 0 Å². The second kappa shape index (κ2) is 9.90. The number of amides is 2. The van der Waals surface area contributed by atoms with Crippen molar-refractivity contribution in [2.75, 3.05) is 32.7 Å². The van der Waals surface area contributed by atoms with E-state index < -0.39 is 0 Å². The van der Waals surface area contributed by atoms with Crippen LogP contribution in [0.15, 0.2) is 66.0 Å². The largest absolute Gasteiger partial charge is 0.338 e. The number of piperazine rings is 1. The molecule has 0 saturated carbocycles. The first-order valence-electron chi connectivity index (χ1n) is 11.7. The number of carbonyl (C=O) groups excluding carboxylic acids is 2. The Bertz CT molecular complexity index is 1160. The van der Waals surface area contributed by atoms with Gasteiger partial charge in [0, 0.05) is 48.2 Å². The third-order valence-electron chi connectivity index (χ3n) is 6.94. The molecule has 2 atom stereocenters. The number of halogens is 1. The first-order chi connectivity index (χ1) is 16.5. The van der Waals surface area contributed by atoms with Crippen molar-refractivity contribution in [3.63, 3.8) is 0 Å². The van der Waals surface area contributed by atoms with Gasteiger partial charge in [-0.15, -0.1) is 11.3 Å². The van der Waals surface area contributed by atoms with Gasteiger partial charge in [-0.1, -0.05) is 41.9 Å². The molecule has 5 rings (SSSR count). The summed E-state index contributed by atoms with van der Waals surface area (Å²) in [5.74, 6) is 0.125. The lowest BCUT2D eigenvalue weighted by molar-refractivity contribution is -0.138. The third kappa shape index (κ3) is 4.50. The molecule has 1 saturated heterocycles. The Morgan fingerprint density at radius 3 is 2.29 bits per heavy atom. The monoisotopic (exact) mass is 493 g/mol. The molecule has 1 aromatic heterocycles. The van der Waals surface area contributed by atoms with E-state index in [9.17, 15) is 9.59 Å². The Morgan fingerprint density at radius 1 is 0.912 bits per heavy atom. The molecule has 34 heavy (non-hydrogen) atoms. The maximum atomic E-state index is 13.6. The van der Waals surface area contributed by atoms with Crippen molar-refractivity contribution in [1.82, 2.24) is 14.7 Å². The molecule has 0 radical (unpaired) electrons. The molecule has 3 aromatic rings. The highest BCUT2D eigenvalue weighted by atomic mass is 35.5. The maximum Gasteiger partial charge on any atom is 0.253 e. The predicted molar refractivity (Wildman–Crippen MR) is 136 cm³/mol. The van der Waals surface area contributed by atoms with E-state index in [1.165, 1.54) is 16.0 Å². The van der Waals surface area contributed by atoms with Crippen LogP contribution >= 0.6 is 22.9 Å². The molecule has 0 aliphatic carbocycles. The van der Waals surface area contributed by atoms with Crippen LogP contribution in [-0.4, -0.2) is 65.3 Å². The van der Waals surface area contributed by atoms with Crippen LogP contribution in [0.2, 0.25) is 5.02 Å². The van der Waals surface area contributed by atoms with E-state index in [-0.39, 0.29) is 23.9 Å². The van der Waals surface area contributed by atoms with E-state index in [4.69, 9.17) is 11.6 Å². The number of nitrogens with zero attached hydrogens (tertiary/aromatic N) is 3. The number of hydrogen-bond acceptors (Lipinski definition) is 4. The van der Waals surface area contributed by atoms with Gasteiger partial charge in [0.15, 0.2) is 0 Å². The minimum atomic E-state index is -0.239. The van der Waals surface area contributed by atoms with Gasteiger partial charge >= 0.3 is 0 Å². The number of hydrogen-bond donors (Lipinski definition) is 0. The van der Waals surface area contributed by atoms with Crippen LogP contribution in [-0.2, 0) is 11.2 Å². The summed E-state index contributed by atoms with van der Waals surface area (Å²) in [4.78, 5) is 33.9. The standard InChI is InChI=1S/C27H28ClN3O2S/c1-19(31-13-11-24-23(12-18-34-24)25(31)20-5-3-2-4-6-20)26(32)29-14-16-30(17-15-29)27(33)21-7-9-22(28)10-8-21/h2-10,12,18-19,25H,11,13-17H2,1H3. The van der Waals surface area contributed by atoms with Gasteiger partial charge in [-0.3, -0.25) is 14.5 Å². The molecule has 176 valence electrons. The van der Waals surface area contributed by atoms with Crippen molar-refractivity contribution in [2.24, 2.45) is 0 Å². The highest BCUT2D eigenvalue weighted by Gasteiger charge is 2.37. The summed E-state index contributed by atoms with van der Waals surface area (Å²) in [6.45, 7) is 5.06. The molecule has 1 fully saturated rings. The van der Waals surface area contributed by atoms with Crippen molar-refractivity contribution >= 4 is 34.8 Å². The molecule has 2 amide bonds. The first-order valence-corrected chi connectivity index (χ1v) is 13.0. The van der Waals surface area contributed by atoms with Crippen LogP contribution < -0.4 is 0 Å². The Kier molecular flexibility index (Phi) is 6.73. The average Bonchev–Trinajstić information content (AvgIpc) is 3.37. The van der Waals surface area contributed by atoms with Crippen LogP contribution in [0.4, 0.5) is 0 Å². The topological polar surface area (TPSA) is 43.9 Å². The zero-order chi connectivity index (χ0) is 23.7. The number of fused-ring (bicyclic) bond motifs is 1. The van der Waals surface area contributed by atoms with Gasteiger partial charge in [0.2, 0.25) is 5.91 Å². The van der Waals surface area contributed by atoms with Gasteiger partial charge in [-0.05, 0) is 60.2 Å². The fraction of sp³-hybridized carbons (Fsp3) is 0.333. The summed E-state index contributed by atoms with van der Waals surface area (Å²) in [6.07, 6.45) is 0.970. The molecule has 2 aromatic carbocycles. The van der Waals surface area contributed by atoms with Gasteiger partial charge in [0.25, 0.3) is 5.91 Å². The van der Waals surface area contributed by atoms with Crippen LogP contribution in [0.25, 0.3) is 0 Å². The third-order valence-corrected chi connectivity index (χ3v) is 8.19. The lowest BCUT2D eigenvalue weighted by atomic mass is 9.92. The SMILES string of the molecule is CC(C(=O)N1CCN(C(=O)c2ccc(Cl)cc2)CC1)N1CCc2sccc2C1c1ccccc1. The first kappa shape index (κ1) is 23.1. The van der Waals surface area contributed by atoms with Gasteiger partial charge < -0.3 is 9.80 Å². The highest BCUT2D eigenvalue weighted by Crippen LogP contribution is 2.39. The molecule has 2 aliphatic heterocycles. The second-order valence-electron chi connectivity index (χ2n) is 8.90. The van der Waals surface area contributed by atoms with E-state index in [1.54, 1.807) is 24.3 Å². The highest BCUT2D eigenvalue weighted by molar-refractivity contribution is 7.10. The molecule has 2 aliphatic rings. The molecule has 0 N–H and O–H groups in total. The van der Waals surface area contributed by atoms with Crippen LogP contribution in [0.3, 0.4) is 0 Å². The normalized spacial score (nSPS) is 19.5. The molecule has 0 spiro atoms. The molecule has 3 heterocycles. The van der Waals surface area contributed by atoms with E-state index in [1.807, 2.05) is 34.1 Å². The van der Waals surface area contributed by atoms with E-state index in [0.29, 0.717) is 36.8 Å². The lowest BCUT2D eigenvalue weighted by Gasteiger charge is -2.42. The van der Waals surface area contributed by atoms with Gasteiger partial charge in [-0.2, -0.15) is 0 Å². The zero-order valence-electron chi connectivity index (χ0n) is 19.2. The molecule has 2 unspecified atom stereocenters. The Hall–Kier alpha value is -2.67. The number of rotatable bonds is 4. The quantitative estimate of drug-likeness (QED) is 0.528. The fourth-order valence-electron chi connectivity index (χ4n) is 5.07. The predicted octanol–water partition coefficient (Wildman–Crippen LogP) is 4.72. The number of thiophene rings is 1. The van der Waals surface area contributed by atoms with Crippen molar-refractivity contribution < 1.29 is 9.59 Å². The summed E-state index contributed by atoms with van der Waals surface area (Å²) in [5.41, 5.74) is 3.17. The maximum absolute atomic E-state index is 13.6. The summed E-state index contributed by atoms with van der Waals surface area (Å²) < 4.78 is 0. The second-order valence-corrected chi connectivity index (χ2v) is 10.3. The number of carbonyl (C=O) groups is 2. The average molecular weight is 494 g/mol. The van der Waals surface area contributed by atoms with Crippen molar-refractivity contribution in [1.29, 1.82) is 0 Å². The van der Waals surface area contributed by atoms with Gasteiger partial charge in [0.05, 0.1) is 12.1 Å². The molecule has 7 heteroatoms. The van der Waals surface area contributed by atoms with E-state index in [2.05, 4.69) is 40.6 Å². The lowest BCUT2D eigenvalue weighted by Crippen LogP contribution is -2.56. The van der Waals surface area contributed by atoms with Crippen molar-refractivity contribution in [3.05, 3.63) is 92.6 Å². The van der Waals surface area contributed by atoms with Crippen LogP contribution in [0, 0.1) is 0 Å². The Balaban J connectivity index is 1.28. The fourth-order valence-corrected chi connectivity index (χ4v) is 6.10. The molecule has 5 nitrogen and oxygen atoms in total. The smallest absolute Gasteiger partial charge is 0.253 e. The van der Waals surface area contributed by atoms with Crippen molar-refractivity contribution in [2.45, 2.75) is 25.4 Å². The van der Waals surface area contributed by atoms with Gasteiger partial charge in [-0.25, -0.2) is 0 Å². The summed E-state index contributed by atoms with van der Waals surface area (Å²) >= 11 is 7.76. The molecule has 0 bridgehead atoms. The number of benzene rings is 2. The summed E-state index contributed by atoms with van der Waals surface area (Å²) in [6, 6.07) is 19.5. The Labute approximate surface area is 209 Å². The van der Waals surface area contributed by atoms with Crippen LogP contribution in [0.1, 0.15) is 39.3 Å². The summed E-state index contributed by atoms with van der Waals surface area (Å²) in [5, 5.41) is 2.77. The molecular formula is C27H28ClN3O2S. The van der Waals surface area contributed by atoms with Crippen LogP contribution in [0.5, 0.6) is 0 Å². The minimum Gasteiger partial charge on any atom is -0.338 e. The van der Waals surface area contributed by atoms with E-state index in [0.717, 1.165) is 13.0 Å².